The molecule has 1 amide bonds. The van der Waals surface area contributed by atoms with Gasteiger partial charge in [0, 0.05) is 23.5 Å². The van der Waals surface area contributed by atoms with Crippen molar-refractivity contribution < 1.29 is 4.79 Å². The Labute approximate surface area is 144 Å². The lowest BCUT2D eigenvalue weighted by atomic mass is 10.0. The number of fused-ring (bicyclic) bond motifs is 1. The Morgan fingerprint density at radius 3 is 2.80 bits per heavy atom. The predicted octanol–water partition coefficient (Wildman–Crippen LogP) is 2.59. The van der Waals surface area contributed by atoms with Gasteiger partial charge in [0.15, 0.2) is 5.82 Å². The van der Waals surface area contributed by atoms with Gasteiger partial charge in [-0.1, -0.05) is 12.8 Å². The maximum Gasteiger partial charge on any atom is 0.259 e. The van der Waals surface area contributed by atoms with Crippen molar-refractivity contribution in [2.24, 2.45) is 0 Å². The Kier molecular flexibility index (Phi) is 3.48. The van der Waals surface area contributed by atoms with Gasteiger partial charge in [0.05, 0.1) is 10.9 Å². The Bertz CT molecular complexity index is 949. The molecule has 4 rings (SSSR count). The van der Waals surface area contributed by atoms with Crippen LogP contribution in [0, 0.1) is 6.92 Å². The monoisotopic (exact) mass is 339 g/mol. The van der Waals surface area contributed by atoms with E-state index in [1.165, 1.54) is 19.2 Å². The normalized spacial score (nSPS) is 16.4. The molecule has 8 nitrogen and oxygen atoms in total. The van der Waals surface area contributed by atoms with Crippen LogP contribution in [0.25, 0.3) is 11.0 Å². The molecule has 1 aliphatic carbocycles. The lowest BCUT2D eigenvalue weighted by Crippen LogP contribution is -2.25. The van der Waals surface area contributed by atoms with Gasteiger partial charge >= 0.3 is 0 Å². The molecule has 3 aromatic rings. The van der Waals surface area contributed by atoms with E-state index in [-0.39, 0.29) is 11.4 Å². The van der Waals surface area contributed by atoms with Crippen molar-refractivity contribution in [3.8, 4) is 0 Å². The number of nitrogens with zero attached hydrogens (tertiary/aromatic N) is 4. The lowest BCUT2D eigenvalue weighted by molar-refractivity contribution is 0.102. The molecule has 0 bridgehead atoms. The number of hydrogen-bond acceptors (Lipinski definition) is 5. The summed E-state index contributed by atoms with van der Waals surface area (Å²) < 4.78 is 2.10. The second-order valence-electron chi connectivity index (χ2n) is 6.96. The fourth-order valence-corrected chi connectivity index (χ4v) is 3.71. The topological polar surface area (TPSA) is 115 Å². The van der Waals surface area contributed by atoms with E-state index in [0.717, 1.165) is 18.5 Å². The first-order chi connectivity index (χ1) is 12.0. The molecule has 3 heterocycles. The highest BCUT2D eigenvalue weighted by molar-refractivity contribution is 6.14. The fraction of sp³-hybridized carbons (Fsp3) is 0.412. The summed E-state index contributed by atoms with van der Waals surface area (Å²) in [6, 6.07) is 1.77. The highest BCUT2D eigenvalue weighted by Crippen LogP contribution is 2.39. The molecule has 25 heavy (non-hydrogen) atoms. The fourth-order valence-electron chi connectivity index (χ4n) is 3.71. The highest BCUT2D eigenvalue weighted by Gasteiger charge is 2.34. The number of rotatable bonds is 3. The molecule has 0 spiro atoms. The van der Waals surface area contributed by atoms with Gasteiger partial charge in [0.2, 0.25) is 0 Å². The summed E-state index contributed by atoms with van der Waals surface area (Å²) in [6.45, 7) is 4.08. The molecular weight excluding hydrogens is 318 g/mol. The molecule has 130 valence electrons. The average Bonchev–Trinajstić information content (AvgIpc) is 3.27. The van der Waals surface area contributed by atoms with E-state index in [0.29, 0.717) is 28.2 Å². The average molecular weight is 339 g/mol. The second-order valence-corrected chi connectivity index (χ2v) is 6.96. The van der Waals surface area contributed by atoms with Crippen LogP contribution in [0.3, 0.4) is 0 Å². The van der Waals surface area contributed by atoms with Crippen LogP contribution >= 0.6 is 0 Å². The Balaban J connectivity index is 1.82. The summed E-state index contributed by atoms with van der Waals surface area (Å²) in [4.78, 5) is 21.3. The van der Waals surface area contributed by atoms with Crippen LogP contribution in [0.1, 0.15) is 48.7 Å². The zero-order valence-corrected chi connectivity index (χ0v) is 14.3. The van der Waals surface area contributed by atoms with Crippen LogP contribution in [0.15, 0.2) is 18.6 Å². The van der Waals surface area contributed by atoms with Crippen molar-refractivity contribution in [2.45, 2.75) is 45.1 Å². The van der Waals surface area contributed by atoms with E-state index >= 15 is 0 Å². The minimum Gasteiger partial charge on any atom is -0.383 e. The van der Waals surface area contributed by atoms with E-state index in [9.17, 15) is 4.79 Å². The number of nitrogens with two attached hydrogens (primary N) is 1. The first kappa shape index (κ1) is 15.6. The van der Waals surface area contributed by atoms with Crippen LogP contribution in [0.2, 0.25) is 0 Å². The molecule has 1 saturated carbocycles. The van der Waals surface area contributed by atoms with Crippen molar-refractivity contribution >= 4 is 28.6 Å². The Morgan fingerprint density at radius 1 is 1.36 bits per heavy atom. The molecule has 0 radical (unpaired) electrons. The largest absolute Gasteiger partial charge is 0.383 e. The molecule has 0 unspecified atom stereocenters. The van der Waals surface area contributed by atoms with E-state index in [1.807, 2.05) is 13.1 Å². The molecule has 0 aromatic carbocycles. The number of amides is 1. The quantitative estimate of drug-likeness (QED) is 0.678. The van der Waals surface area contributed by atoms with Gasteiger partial charge in [-0.3, -0.25) is 9.89 Å². The van der Waals surface area contributed by atoms with Crippen molar-refractivity contribution in [2.75, 3.05) is 11.1 Å². The number of carbonyl (C=O) groups excluding carboxylic acids is 1. The number of hydrogen-bond donors (Lipinski definition) is 3. The zero-order valence-electron chi connectivity index (χ0n) is 14.3. The van der Waals surface area contributed by atoms with Gasteiger partial charge < -0.3 is 15.6 Å². The van der Waals surface area contributed by atoms with Crippen molar-refractivity contribution in [1.29, 1.82) is 0 Å². The molecular formula is C17H21N7O. The summed E-state index contributed by atoms with van der Waals surface area (Å²) in [6.07, 6.45) is 7.76. The summed E-state index contributed by atoms with van der Waals surface area (Å²) in [5.41, 5.74) is 8.08. The van der Waals surface area contributed by atoms with Crippen LogP contribution in [0.5, 0.6) is 0 Å². The molecule has 0 saturated heterocycles. The third kappa shape index (κ3) is 2.54. The van der Waals surface area contributed by atoms with E-state index in [1.54, 1.807) is 6.07 Å². The molecule has 0 aliphatic heterocycles. The smallest absolute Gasteiger partial charge is 0.259 e. The third-order valence-electron chi connectivity index (χ3n) is 5.07. The van der Waals surface area contributed by atoms with E-state index < -0.39 is 0 Å². The third-order valence-corrected chi connectivity index (χ3v) is 5.07. The van der Waals surface area contributed by atoms with Crippen LogP contribution in [-0.4, -0.2) is 30.6 Å². The number of aryl methyl sites for hydroxylation is 1. The molecule has 4 N–H and O–H groups in total. The number of carbonyl (C=O) groups is 1. The van der Waals surface area contributed by atoms with Gasteiger partial charge in [-0.25, -0.2) is 9.97 Å². The van der Waals surface area contributed by atoms with Gasteiger partial charge in [-0.2, -0.15) is 5.10 Å². The van der Waals surface area contributed by atoms with Crippen molar-refractivity contribution in [3.63, 3.8) is 0 Å². The highest BCUT2D eigenvalue weighted by atomic mass is 16.1. The number of nitrogen functional groups attached to an aromatic ring is 1. The number of aromatic nitrogens is 5. The molecule has 1 fully saturated rings. The number of H-pyrrole nitrogens is 1. The molecule has 8 heteroatoms. The summed E-state index contributed by atoms with van der Waals surface area (Å²) in [5, 5.41) is 10.3. The van der Waals surface area contributed by atoms with Crippen LogP contribution < -0.4 is 11.1 Å². The number of nitrogens with one attached hydrogen (secondary N) is 2. The zero-order chi connectivity index (χ0) is 17.6. The number of aromatic amines is 1. The first-order valence-corrected chi connectivity index (χ1v) is 8.43. The van der Waals surface area contributed by atoms with Crippen molar-refractivity contribution in [3.05, 3.63) is 29.8 Å². The lowest BCUT2D eigenvalue weighted by Gasteiger charge is -2.26. The summed E-state index contributed by atoms with van der Waals surface area (Å²) in [5.74, 6) is 0.526. The Hall–Kier alpha value is -2.90. The van der Waals surface area contributed by atoms with Gasteiger partial charge in [0.1, 0.15) is 17.8 Å². The minimum absolute atomic E-state index is 0.0551. The molecule has 3 aromatic heterocycles. The predicted molar refractivity (Wildman–Crippen MR) is 95.3 cm³/mol. The second kappa shape index (κ2) is 5.58. The first-order valence-electron chi connectivity index (χ1n) is 8.43. The van der Waals surface area contributed by atoms with E-state index in [4.69, 9.17) is 5.73 Å². The van der Waals surface area contributed by atoms with Gasteiger partial charge in [-0.15, -0.1) is 0 Å². The maximum atomic E-state index is 12.8. The Morgan fingerprint density at radius 2 is 2.12 bits per heavy atom. The van der Waals surface area contributed by atoms with Gasteiger partial charge in [-0.05, 0) is 26.7 Å². The van der Waals surface area contributed by atoms with Crippen LogP contribution in [0.4, 0.5) is 11.6 Å². The summed E-state index contributed by atoms with van der Waals surface area (Å²) in [7, 11) is 0. The molecule has 0 atom stereocenters. The SMILES string of the molecule is Cc1cc(NC(=O)c2cn(C3(C)CCCC3)c3ncnc(N)c23)n[nH]1. The standard InChI is InChI=1S/C17H21N7O/c1-10-7-12(23-22-10)21-16(25)11-8-24(17(2)5-3-4-6-17)15-13(11)14(18)19-9-20-15/h7-9H,3-6H2,1-2H3,(H2,18,19,20)(H2,21,22,23,25). The number of anilines is 2. The van der Waals surface area contributed by atoms with E-state index in [2.05, 4.69) is 37.0 Å². The minimum atomic E-state index is -0.265. The van der Waals surface area contributed by atoms with Crippen LogP contribution in [-0.2, 0) is 5.54 Å². The maximum absolute atomic E-state index is 12.8. The molecule has 1 aliphatic rings. The van der Waals surface area contributed by atoms with Gasteiger partial charge in [0.25, 0.3) is 5.91 Å². The summed E-state index contributed by atoms with van der Waals surface area (Å²) >= 11 is 0. The van der Waals surface area contributed by atoms with Crippen molar-refractivity contribution in [1.82, 2.24) is 24.7 Å².